The summed E-state index contributed by atoms with van der Waals surface area (Å²) in [7, 11) is 0. The molecule has 1 atom stereocenters. The molecule has 0 aromatic heterocycles. The van der Waals surface area contributed by atoms with Gasteiger partial charge in [0.1, 0.15) is 6.04 Å². The third kappa shape index (κ3) is 4.85. The molecule has 1 aliphatic rings. The van der Waals surface area contributed by atoms with Crippen LogP contribution in [0.5, 0.6) is 0 Å². The van der Waals surface area contributed by atoms with E-state index in [4.69, 9.17) is 4.74 Å². The summed E-state index contributed by atoms with van der Waals surface area (Å²) >= 11 is 1.49. The molecule has 1 aliphatic heterocycles. The predicted octanol–water partition coefficient (Wildman–Crippen LogP) is 3.39. The van der Waals surface area contributed by atoms with E-state index in [0.29, 0.717) is 11.4 Å². The minimum atomic E-state index is -1.09. The lowest BCUT2D eigenvalue weighted by Gasteiger charge is -2.28. The maximum Gasteiger partial charge on any atom is 0.329 e. The minimum Gasteiger partial charge on any atom is -0.454 e. The van der Waals surface area contributed by atoms with Crippen molar-refractivity contribution in [2.24, 2.45) is 0 Å². The van der Waals surface area contributed by atoms with Crippen LogP contribution in [0.15, 0.2) is 54.6 Å². The third-order valence-corrected chi connectivity index (χ3v) is 5.81. The SMILES string of the molecule is CSCC[C@@H](C(=O)OCC(=O)N(c1ccccc1)C(C)C)N1C(=O)c2ccccc2C1=O. The number of benzene rings is 2. The van der Waals surface area contributed by atoms with Crippen LogP contribution in [0, 0.1) is 0 Å². The molecule has 0 aliphatic carbocycles. The number of para-hydroxylation sites is 1. The summed E-state index contributed by atoms with van der Waals surface area (Å²) in [5, 5.41) is 0. The van der Waals surface area contributed by atoms with Crippen molar-refractivity contribution in [3.05, 3.63) is 65.7 Å². The Kier molecular flexibility index (Phi) is 7.69. The van der Waals surface area contributed by atoms with Crippen LogP contribution in [0.2, 0.25) is 0 Å². The largest absolute Gasteiger partial charge is 0.454 e. The van der Waals surface area contributed by atoms with E-state index in [1.54, 1.807) is 41.3 Å². The molecule has 0 saturated carbocycles. The first kappa shape index (κ1) is 23.5. The first-order valence-corrected chi connectivity index (χ1v) is 11.8. The van der Waals surface area contributed by atoms with Crippen molar-refractivity contribution in [3.63, 3.8) is 0 Å². The number of carbonyl (C=O) groups is 4. The topological polar surface area (TPSA) is 84.0 Å². The fraction of sp³-hybridized carbons (Fsp3) is 0.333. The predicted molar refractivity (Wildman–Crippen MR) is 124 cm³/mol. The Balaban J connectivity index is 1.75. The number of nitrogens with zero attached hydrogens (tertiary/aromatic N) is 2. The van der Waals surface area contributed by atoms with Gasteiger partial charge in [0.25, 0.3) is 17.7 Å². The van der Waals surface area contributed by atoms with Gasteiger partial charge in [-0.15, -0.1) is 0 Å². The fourth-order valence-corrected chi connectivity index (χ4v) is 4.15. The lowest BCUT2D eigenvalue weighted by Crippen LogP contribution is -2.47. The standard InChI is InChI=1S/C24H26N2O5S/c1-16(2)25(17-9-5-4-6-10-17)21(27)15-31-24(30)20(13-14-32-3)26-22(28)18-11-7-8-12-19(18)23(26)29/h4-12,16,20H,13-15H2,1-3H3/t20-/m0/s1. The zero-order valence-electron chi connectivity index (χ0n) is 18.3. The van der Waals surface area contributed by atoms with Crippen molar-refractivity contribution >= 4 is 41.1 Å². The summed E-state index contributed by atoms with van der Waals surface area (Å²) in [6.07, 6.45) is 2.11. The minimum absolute atomic E-state index is 0.146. The number of hydrogen-bond acceptors (Lipinski definition) is 6. The van der Waals surface area contributed by atoms with Gasteiger partial charge in [-0.1, -0.05) is 30.3 Å². The van der Waals surface area contributed by atoms with Gasteiger partial charge >= 0.3 is 5.97 Å². The number of anilines is 1. The van der Waals surface area contributed by atoms with Crippen LogP contribution in [-0.2, 0) is 14.3 Å². The molecular formula is C24H26N2O5S. The number of fused-ring (bicyclic) bond motifs is 1. The molecule has 32 heavy (non-hydrogen) atoms. The molecule has 0 saturated heterocycles. The van der Waals surface area contributed by atoms with Crippen molar-refractivity contribution in [2.45, 2.75) is 32.4 Å². The number of imide groups is 1. The number of thioether (sulfide) groups is 1. The molecule has 168 valence electrons. The number of carbonyl (C=O) groups excluding carboxylic acids is 4. The maximum atomic E-state index is 13.0. The number of amides is 3. The number of ether oxygens (including phenoxy) is 1. The van der Waals surface area contributed by atoms with E-state index >= 15 is 0 Å². The van der Waals surface area contributed by atoms with Gasteiger partial charge < -0.3 is 9.64 Å². The zero-order valence-corrected chi connectivity index (χ0v) is 19.1. The Morgan fingerprint density at radius 1 is 0.969 bits per heavy atom. The number of esters is 1. The molecule has 2 aromatic carbocycles. The third-order valence-electron chi connectivity index (χ3n) is 5.16. The van der Waals surface area contributed by atoms with Gasteiger partial charge in [-0.2, -0.15) is 11.8 Å². The zero-order chi connectivity index (χ0) is 23.3. The van der Waals surface area contributed by atoms with E-state index < -0.39 is 30.4 Å². The van der Waals surface area contributed by atoms with Crippen molar-refractivity contribution < 1.29 is 23.9 Å². The first-order chi connectivity index (χ1) is 15.4. The molecule has 0 fully saturated rings. The highest BCUT2D eigenvalue weighted by atomic mass is 32.2. The molecule has 2 aromatic rings. The van der Waals surface area contributed by atoms with E-state index in [2.05, 4.69) is 0 Å². The van der Waals surface area contributed by atoms with Crippen molar-refractivity contribution in [1.82, 2.24) is 4.90 Å². The highest BCUT2D eigenvalue weighted by Gasteiger charge is 2.43. The number of rotatable bonds is 9. The van der Waals surface area contributed by atoms with Gasteiger partial charge in [0, 0.05) is 11.7 Å². The Bertz CT molecular complexity index is 973. The van der Waals surface area contributed by atoms with E-state index in [9.17, 15) is 19.2 Å². The quantitative estimate of drug-likeness (QED) is 0.427. The normalized spacial score (nSPS) is 13.8. The van der Waals surface area contributed by atoms with Crippen LogP contribution in [0.25, 0.3) is 0 Å². The van der Waals surface area contributed by atoms with Gasteiger partial charge in [-0.3, -0.25) is 19.3 Å². The van der Waals surface area contributed by atoms with E-state index in [0.717, 1.165) is 4.90 Å². The molecule has 3 rings (SSSR count). The highest BCUT2D eigenvalue weighted by Crippen LogP contribution is 2.27. The molecule has 0 bridgehead atoms. The first-order valence-electron chi connectivity index (χ1n) is 10.4. The van der Waals surface area contributed by atoms with Gasteiger partial charge in [0.05, 0.1) is 11.1 Å². The second-order valence-electron chi connectivity index (χ2n) is 7.62. The summed E-state index contributed by atoms with van der Waals surface area (Å²) < 4.78 is 5.34. The molecule has 7 nitrogen and oxygen atoms in total. The Morgan fingerprint density at radius 3 is 2.06 bits per heavy atom. The van der Waals surface area contributed by atoms with Gasteiger partial charge in [-0.25, -0.2) is 4.79 Å². The van der Waals surface area contributed by atoms with Crippen LogP contribution in [-0.4, -0.2) is 59.3 Å². The van der Waals surface area contributed by atoms with Crippen molar-refractivity contribution in [3.8, 4) is 0 Å². The van der Waals surface area contributed by atoms with Gasteiger partial charge in [-0.05, 0) is 56.5 Å². The molecule has 1 heterocycles. The lowest BCUT2D eigenvalue weighted by molar-refractivity contribution is -0.151. The maximum absolute atomic E-state index is 13.0. The second-order valence-corrected chi connectivity index (χ2v) is 8.61. The lowest BCUT2D eigenvalue weighted by atomic mass is 10.1. The summed E-state index contributed by atoms with van der Waals surface area (Å²) in [6.45, 7) is 3.25. The Hall–Kier alpha value is -3.13. The Morgan fingerprint density at radius 2 is 1.53 bits per heavy atom. The average molecular weight is 455 g/mol. The van der Waals surface area contributed by atoms with Crippen molar-refractivity contribution in [2.75, 3.05) is 23.5 Å². The molecule has 0 unspecified atom stereocenters. The van der Waals surface area contributed by atoms with E-state index in [-0.39, 0.29) is 29.5 Å². The summed E-state index contributed by atoms with van der Waals surface area (Å²) in [6, 6.07) is 14.4. The molecule has 8 heteroatoms. The summed E-state index contributed by atoms with van der Waals surface area (Å²) in [5.74, 6) is -1.64. The van der Waals surface area contributed by atoms with Crippen molar-refractivity contribution in [1.29, 1.82) is 0 Å². The molecule has 0 spiro atoms. The second kappa shape index (κ2) is 10.5. The molecule has 0 N–H and O–H groups in total. The smallest absolute Gasteiger partial charge is 0.329 e. The summed E-state index contributed by atoms with van der Waals surface area (Å²) in [4.78, 5) is 54.0. The van der Waals surface area contributed by atoms with Gasteiger partial charge in [0.15, 0.2) is 6.61 Å². The summed E-state index contributed by atoms with van der Waals surface area (Å²) in [5.41, 5.74) is 1.24. The van der Waals surface area contributed by atoms with Crippen LogP contribution in [0.1, 0.15) is 41.0 Å². The highest BCUT2D eigenvalue weighted by molar-refractivity contribution is 7.98. The molecule has 0 radical (unpaired) electrons. The fourth-order valence-electron chi connectivity index (χ4n) is 3.69. The molecule has 3 amide bonds. The average Bonchev–Trinajstić information content (AvgIpc) is 3.04. The van der Waals surface area contributed by atoms with Crippen LogP contribution >= 0.6 is 11.8 Å². The monoisotopic (exact) mass is 454 g/mol. The molecular weight excluding hydrogens is 428 g/mol. The van der Waals surface area contributed by atoms with Crippen LogP contribution in [0.4, 0.5) is 5.69 Å². The van der Waals surface area contributed by atoms with Crippen LogP contribution in [0.3, 0.4) is 0 Å². The van der Waals surface area contributed by atoms with E-state index in [1.807, 2.05) is 38.3 Å². The van der Waals surface area contributed by atoms with E-state index in [1.165, 1.54) is 11.8 Å². The van der Waals surface area contributed by atoms with Gasteiger partial charge in [0.2, 0.25) is 0 Å². The number of hydrogen-bond donors (Lipinski definition) is 0. The Labute approximate surface area is 191 Å². The van der Waals surface area contributed by atoms with Crippen LogP contribution < -0.4 is 4.90 Å².